The van der Waals surface area contributed by atoms with Gasteiger partial charge in [-0.05, 0) is 6.92 Å². The van der Waals surface area contributed by atoms with E-state index in [0.717, 1.165) is 29.4 Å². The first-order valence-corrected chi connectivity index (χ1v) is 7.59. The molecule has 0 unspecified atom stereocenters. The van der Waals surface area contributed by atoms with Crippen molar-refractivity contribution in [1.82, 2.24) is 15.3 Å². The van der Waals surface area contributed by atoms with Crippen LogP contribution < -0.4 is 11.1 Å². The van der Waals surface area contributed by atoms with Crippen molar-refractivity contribution >= 4 is 28.1 Å². The summed E-state index contributed by atoms with van der Waals surface area (Å²) in [7, 11) is -4.67. The molecule has 0 aliphatic heterocycles. The van der Waals surface area contributed by atoms with E-state index in [4.69, 9.17) is 28.7 Å². The highest BCUT2D eigenvalue weighted by Crippen LogP contribution is 2.11. The van der Waals surface area contributed by atoms with Gasteiger partial charge in [-0.3, -0.25) is 14.5 Å². The highest BCUT2D eigenvalue weighted by molar-refractivity contribution is 7.98. The van der Waals surface area contributed by atoms with E-state index < -0.39 is 10.4 Å². The lowest BCUT2D eigenvalue weighted by atomic mass is 10.4. The molecule has 1 aromatic rings. The average molecular weight is 311 g/mol. The first-order valence-electron chi connectivity index (χ1n) is 5.04. The minimum atomic E-state index is -4.67. The first-order chi connectivity index (χ1) is 8.70. The number of aromatic nitrogens is 2. The minimum Gasteiger partial charge on any atom is -0.370 e. The second-order valence-corrected chi connectivity index (χ2v) is 5.32. The zero-order chi connectivity index (χ0) is 14.9. The van der Waals surface area contributed by atoms with Crippen LogP contribution in [0.15, 0.2) is 6.33 Å². The van der Waals surface area contributed by atoms with E-state index in [2.05, 4.69) is 15.3 Å². The molecule has 0 aromatic carbocycles. The number of imidazole rings is 1. The molecule has 0 aliphatic carbocycles. The Morgan fingerprint density at radius 1 is 1.63 bits per heavy atom. The van der Waals surface area contributed by atoms with Crippen molar-refractivity contribution in [2.24, 2.45) is 5.73 Å². The first kappa shape index (κ1) is 17.7. The van der Waals surface area contributed by atoms with Crippen molar-refractivity contribution in [3.63, 3.8) is 0 Å². The normalized spacial score (nSPS) is 10.5. The van der Waals surface area contributed by atoms with Gasteiger partial charge in [0.1, 0.15) is 0 Å². The molecule has 1 heterocycles. The van der Waals surface area contributed by atoms with Gasteiger partial charge in [-0.25, -0.2) is 4.98 Å². The largest absolute Gasteiger partial charge is 0.394 e. The SMILES string of the molecule is Cc1[nH]cnc1CSCCNC(=N)N.O=S(=O)(O)O. The van der Waals surface area contributed by atoms with Crippen molar-refractivity contribution in [1.29, 1.82) is 5.41 Å². The number of aryl methyl sites for hydroxylation is 1. The molecule has 7 N–H and O–H groups in total. The number of hydrogen-bond donors (Lipinski definition) is 6. The Balaban J connectivity index is 0.000000555. The predicted octanol–water partition coefficient (Wildman–Crippen LogP) is -0.218. The molecule has 0 saturated heterocycles. The van der Waals surface area contributed by atoms with Crippen LogP contribution in [0.5, 0.6) is 0 Å². The number of nitrogens with two attached hydrogens (primary N) is 1. The molecule has 0 aliphatic rings. The molecule has 19 heavy (non-hydrogen) atoms. The van der Waals surface area contributed by atoms with Gasteiger partial charge in [0.05, 0.1) is 12.0 Å². The summed E-state index contributed by atoms with van der Waals surface area (Å²) in [5.41, 5.74) is 7.36. The van der Waals surface area contributed by atoms with Gasteiger partial charge in [-0.1, -0.05) is 0 Å². The van der Waals surface area contributed by atoms with Gasteiger partial charge in [0, 0.05) is 23.7 Å². The number of hydrogen-bond acceptors (Lipinski definition) is 5. The topological polar surface area (TPSA) is 165 Å². The molecule has 0 fully saturated rings. The van der Waals surface area contributed by atoms with Gasteiger partial charge >= 0.3 is 10.4 Å². The summed E-state index contributed by atoms with van der Waals surface area (Å²) in [4.78, 5) is 7.22. The Kier molecular flexibility index (Phi) is 8.14. The van der Waals surface area contributed by atoms with Crippen molar-refractivity contribution in [2.45, 2.75) is 12.7 Å². The van der Waals surface area contributed by atoms with E-state index in [0.29, 0.717) is 0 Å². The molecule has 110 valence electrons. The van der Waals surface area contributed by atoms with Crippen LogP contribution in [0.1, 0.15) is 11.4 Å². The molecule has 0 radical (unpaired) electrons. The summed E-state index contributed by atoms with van der Waals surface area (Å²) in [6.07, 6.45) is 1.71. The quantitative estimate of drug-likeness (QED) is 0.188. The molecule has 1 rings (SSSR count). The van der Waals surface area contributed by atoms with E-state index >= 15 is 0 Å². The van der Waals surface area contributed by atoms with Crippen LogP contribution in [0, 0.1) is 12.3 Å². The molecular formula is C8H17N5O4S2. The summed E-state index contributed by atoms with van der Waals surface area (Å²) in [6, 6.07) is 0. The molecule has 0 atom stereocenters. The summed E-state index contributed by atoms with van der Waals surface area (Å²) in [6.45, 7) is 2.74. The van der Waals surface area contributed by atoms with E-state index in [9.17, 15) is 0 Å². The zero-order valence-electron chi connectivity index (χ0n) is 10.3. The second kappa shape index (κ2) is 8.74. The maximum Gasteiger partial charge on any atom is 0.394 e. The van der Waals surface area contributed by atoms with Crippen LogP contribution in [0.25, 0.3) is 0 Å². The van der Waals surface area contributed by atoms with Gasteiger partial charge in [0.2, 0.25) is 0 Å². The Bertz CT molecular complexity index is 479. The standard InChI is InChI=1S/C8H15N5S.H2O4S/c1-6-7(13-5-12-6)4-14-3-2-11-8(9)10;1-5(2,3)4/h5H,2-4H2,1H3,(H,12,13)(H4,9,10,11);(H2,1,2,3,4). The summed E-state index contributed by atoms with van der Waals surface area (Å²) in [5, 5.41) is 9.70. The third-order valence-electron chi connectivity index (χ3n) is 1.73. The van der Waals surface area contributed by atoms with Crippen LogP contribution in [0.2, 0.25) is 0 Å². The molecule has 11 heteroatoms. The maximum absolute atomic E-state index is 8.74. The smallest absolute Gasteiger partial charge is 0.370 e. The van der Waals surface area contributed by atoms with E-state index in [1.165, 1.54) is 0 Å². The number of rotatable bonds is 5. The highest BCUT2D eigenvalue weighted by atomic mass is 32.3. The van der Waals surface area contributed by atoms with Gasteiger partial charge in [0.25, 0.3) is 0 Å². The third-order valence-corrected chi connectivity index (χ3v) is 2.71. The zero-order valence-corrected chi connectivity index (χ0v) is 11.9. The number of guanidine groups is 1. The summed E-state index contributed by atoms with van der Waals surface area (Å²) >= 11 is 1.77. The Morgan fingerprint density at radius 2 is 2.21 bits per heavy atom. The second-order valence-electron chi connectivity index (χ2n) is 3.32. The van der Waals surface area contributed by atoms with Crippen LogP contribution in [-0.4, -0.2) is 45.7 Å². The lowest BCUT2D eigenvalue weighted by Crippen LogP contribution is -2.31. The monoisotopic (exact) mass is 311 g/mol. The van der Waals surface area contributed by atoms with Gasteiger partial charge in [0.15, 0.2) is 5.96 Å². The van der Waals surface area contributed by atoms with E-state index in [1.807, 2.05) is 6.92 Å². The van der Waals surface area contributed by atoms with Crippen molar-refractivity contribution in [3.05, 3.63) is 17.7 Å². The minimum absolute atomic E-state index is 0.0292. The van der Waals surface area contributed by atoms with Crippen molar-refractivity contribution in [2.75, 3.05) is 12.3 Å². The van der Waals surface area contributed by atoms with E-state index in [1.54, 1.807) is 18.1 Å². The van der Waals surface area contributed by atoms with Crippen LogP contribution in [-0.2, 0) is 16.2 Å². The predicted molar refractivity (Wildman–Crippen MR) is 73.6 cm³/mol. The fourth-order valence-electron chi connectivity index (χ4n) is 0.959. The molecular weight excluding hydrogens is 294 g/mol. The molecule has 0 saturated carbocycles. The van der Waals surface area contributed by atoms with Crippen LogP contribution >= 0.6 is 11.8 Å². The van der Waals surface area contributed by atoms with E-state index in [-0.39, 0.29) is 5.96 Å². The highest BCUT2D eigenvalue weighted by Gasteiger charge is 1.99. The molecule has 0 amide bonds. The van der Waals surface area contributed by atoms with Crippen molar-refractivity contribution < 1.29 is 17.5 Å². The number of nitrogens with one attached hydrogen (secondary N) is 3. The van der Waals surface area contributed by atoms with Gasteiger partial charge < -0.3 is 16.0 Å². The fraction of sp³-hybridized carbons (Fsp3) is 0.500. The fourth-order valence-corrected chi connectivity index (χ4v) is 1.83. The number of H-pyrrole nitrogens is 1. The lowest BCUT2D eigenvalue weighted by Gasteiger charge is -2.02. The number of aromatic amines is 1. The molecule has 1 aromatic heterocycles. The molecule has 9 nitrogen and oxygen atoms in total. The van der Waals surface area contributed by atoms with Crippen LogP contribution in [0.3, 0.4) is 0 Å². The lowest BCUT2D eigenvalue weighted by molar-refractivity contribution is 0.381. The number of nitrogens with zero attached hydrogens (tertiary/aromatic N) is 1. The Hall–Kier alpha value is -1.30. The summed E-state index contributed by atoms with van der Waals surface area (Å²) < 4.78 is 31.6. The van der Waals surface area contributed by atoms with Gasteiger partial charge in [-0.2, -0.15) is 20.2 Å². The third kappa shape index (κ3) is 12.9. The molecule has 0 bridgehead atoms. The Morgan fingerprint density at radius 3 is 2.63 bits per heavy atom. The summed E-state index contributed by atoms with van der Waals surface area (Å²) in [5.74, 6) is 1.85. The molecule has 0 spiro atoms. The average Bonchev–Trinajstić information content (AvgIpc) is 2.61. The van der Waals surface area contributed by atoms with Crippen molar-refractivity contribution in [3.8, 4) is 0 Å². The maximum atomic E-state index is 8.74. The van der Waals surface area contributed by atoms with Crippen LogP contribution in [0.4, 0.5) is 0 Å². The van der Waals surface area contributed by atoms with Gasteiger partial charge in [-0.15, -0.1) is 0 Å². The number of thioether (sulfide) groups is 1. The Labute approximate surface area is 115 Å².